The number of benzene rings is 1. The maximum absolute atomic E-state index is 11.9. The fourth-order valence-electron chi connectivity index (χ4n) is 2.09. The largest absolute Gasteiger partial charge is 0.326 e. The third-order valence-electron chi connectivity index (χ3n) is 2.84. The first-order valence-corrected chi connectivity index (χ1v) is 7.27. The Hall–Kier alpha value is -1.57. The van der Waals surface area contributed by atoms with Crippen LogP contribution in [0.25, 0.3) is 0 Å². The standard InChI is InChI=1S/C16H22ClN3O/c1-16(2,3)11-20(4)8-7-15(21)19-13-6-5-12(10-18)14(17)9-13/h5-6,9H,7-8,11H2,1-4H3,(H,19,21). The van der Waals surface area contributed by atoms with Gasteiger partial charge in [0.25, 0.3) is 0 Å². The van der Waals surface area contributed by atoms with Gasteiger partial charge in [0.15, 0.2) is 0 Å². The van der Waals surface area contributed by atoms with Gasteiger partial charge in [0.2, 0.25) is 5.91 Å². The summed E-state index contributed by atoms with van der Waals surface area (Å²) in [4.78, 5) is 14.0. The maximum atomic E-state index is 11.9. The lowest BCUT2D eigenvalue weighted by Gasteiger charge is -2.26. The lowest BCUT2D eigenvalue weighted by Crippen LogP contribution is -2.31. The molecule has 0 fully saturated rings. The molecule has 0 aliphatic carbocycles. The second-order valence-corrected chi connectivity index (χ2v) is 6.81. The highest BCUT2D eigenvalue weighted by Gasteiger charge is 2.14. The fraction of sp³-hybridized carbons (Fsp3) is 0.500. The first-order valence-electron chi connectivity index (χ1n) is 6.89. The van der Waals surface area contributed by atoms with Crippen molar-refractivity contribution in [3.05, 3.63) is 28.8 Å². The molecule has 0 saturated carbocycles. The molecule has 0 unspecified atom stereocenters. The average molecular weight is 308 g/mol. The zero-order valence-corrected chi connectivity index (χ0v) is 13.8. The van der Waals surface area contributed by atoms with Gasteiger partial charge < -0.3 is 10.2 Å². The lowest BCUT2D eigenvalue weighted by atomic mass is 9.96. The van der Waals surface area contributed by atoms with E-state index >= 15 is 0 Å². The number of nitriles is 1. The zero-order valence-electron chi connectivity index (χ0n) is 13.0. The molecule has 1 aromatic carbocycles. The molecule has 0 spiro atoms. The minimum Gasteiger partial charge on any atom is -0.326 e. The van der Waals surface area contributed by atoms with E-state index < -0.39 is 0 Å². The van der Waals surface area contributed by atoms with Crippen LogP contribution in [0.2, 0.25) is 5.02 Å². The third-order valence-corrected chi connectivity index (χ3v) is 3.15. The Morgan fingerprint density at radius 2 is 2.10 bits per heavy atom. The molecule has 0 aliphatic rings. The Bertz CT molecular complexity index is 543. The summed E-state index contributed by atoms with van der Waals surface area (Å²) in [5, 5.41) is 11.9. The van der Waals surface area contributed by atoms with E-state index in [2.05, 4.69) is 31.0 Å². The van der Waals surface area contributed by atoms with Crippen LogP contribution in [0.4, 0.5) is 5.69 Å². The molecule has 1 N–H and O–H groups in total. The van der Waals surface area contributed by atoms with Crippen LogP contribution in [-0.4, -0.2) is 30.9 Å². The van der Waals surface area contributed by atoms with E-state index in [0.29, 0.717) is 29.2 Å². The molecule has 0 aromatic heterocycles. The molecule has 0 radical (unpaired) electrons. The molecule has 5 heteroatoms. The van der Waals surface area contributed by atoms with E-state index in [0.717, 1.165) is 6.54 Å². The summed E-state index contributed by atoms with van der Waals surface area (Å²) in [5.74, 6) is -0.0588. The summed E-state index contributed by atoms with van der Waals surface area (Å²) in [6, 6.07) is 6.86. The summed E-state index contributed by atoms with van der Waals surface area (Å²) in [5.41, 5.74) is 1.23. The van der Waals surface area contributed by atoms with Crippen molar-refractivity contribution in [2.45, 2.75) is 27.2 Å². The molecule has 1 aromatic rings. The number of nitrogens with one attached hydrogen (secondary N) is 1. The van der Waals surface area contributed by atoms with Gasteiger partial charge in [-0.15, -0.1) is 0 Å². The first kappa shape index (κ1) is 17.5. The molecule has 0 aliphatic heterocycles. The SMILES string of the molecule is CN(CCC(=O)Nc1ccc(C#N)c(Cl)c1)CC(C)(C)C. The molecular weight excluding hydrogens is 286 g/mol. The Kier molecular flexibility index (Phi) is 6.19. The Balaban J connectivity index is 2.48. The second-order valence-electron chi connectivity index (χ2n) is 6.40. The topological polar surface area (TPSA) is 56.1 Å². The Morgan fingerprint density at radius 1 is 1.43 bits per heavy atom. The highest BCUT2D eigenvalue weighted by atomic mass is 35.5. The molecule has 21 heavy (non-hydrogen) atoms. The third kappa shape index (κ3) is 6.61. The van der Waals surface area contributed by atoms with Gasteiger partial charge in [-0.2, -0.15) is 5.26 Å². The number of rotatable bonds is 5. The van der Waals surface area contributed by atoms with Crippen LogP contribution < -0.4 is 5.32 Å². The highest BCUT2D eigenvalue weighted by Crippen LogP contribution is 2.20. The van der Waals surface area contributed by atoms with Crippen molar-refractivity contribution in [3.63, 3.8) is 0 Å². The van der Waals surface area contributed by atoms with E-state index in [1.54, 1.807) is 18.2 Å². The van der Waals surface area contributed by atoms with Crippen molar-refractivity contribution in [1.29, 1.82) is 5.26 Å². The predicted molar refractivity (Wildman–Crippen MR) is 86.4 cm³/mol. The summed E-state index contributed by atoms with van der Waals surface area (Å²) in [6.45, 7) is 8.14. The van der Waals surface area contributed by atoms with Crippen LogP contribution in [0, 0.1) is 16.7 Å². The normalized spacial score (nSPS) is 11.3. The molecule has 1 amide bonds. The van der Waals surface area contributed by atoms with Crippen molar-refractivity contribution in [1.82, 2.24) is 4.90 Å². The number of carbonyl (C=O) groups is 1. The number of anilines is 1. The smallest absolute Gasteiger partial charge is 0.225 e. The average Bonchev–Trinajstić information content (AvgIpc) is 2.34. The first-order chi connectivity index (χ1) is 9.71. The van der Waals surface area contributed by atoms with Crippen LogP contribution in [0.3, 0.4) is 0 Å². The second kappa shape index (κ2) is 7.44. The van der Waals surface area contributed by atoms with Gasteiger partial charge in [-0.25, -0.2) is 0 Å². The van der Waals surface area contributed by atoms with Crippen LogP contribution in [-0.2, 0) is 4.79 Å². The lowest BCUT2D eigenvalue weighted by molar-refractivity contribution is -0.116. The number of halogens is 1. The molecule has 0 bridgehead atoms. The van der Waals surface area contributed by atoms with Gasteiger partial charge in [-0.3, -0.25) is 4.79 Å². The van der Waals surface area contributed by atoms with Crippen molar-refractivity contribution in [2.24, 2.45) is 5.41 Å². The molecule has 0 heterocycles. The zero-order chi connectivity index (χ0) is 16.0. The molecule has 1 rings (SSSR count). The van der Waals surface area contributed by atoms with Gasteiger partial charge in [0.05, 0.1) is 10.6 Å². The number of hydrogen-bond donors (Lipinski definition) is 1. The predicted octanol–water partition coefficient (Wildman–Crippen LogP) is 3.52. The summed E-state index contributed by atoms with van der Waals surface area (Å²) < 4.78 is 0. The fourth-order valence-corrected chi connectivity index (χ4v) is 2.31. The monoisotopic (exact) mass is 307 g/mol. The molecule has 114 valence electrons. The highest BCUT2D eigenvalue weighted by molar-refractivity contribution is 6.32. The van der Waals surface area contributed by atoms with Crippen molar-refractivity contribution in [3.8, 4) is 6.07 Å². The van der Waals surface area contributed by atoms with Crippen LogP contribution in [0.15, 0.2) is 18.2 Å². The Morgan fingerprint density at radius 3 is 2.62 bits per heavy atom. The van der Waals surface area contributed by atoms with Crippen LogP contribution in [0.1, 0.15) is 32.8 Å². The number of carbonyl (C=O) groups excluding carboxylic acids is 1. The van der Waals surface area contributed by atoms with Gasteiger partial charge >= 0.3 is 0 Å². The minimum atomic E-state index is -0.0588. The molecule has 4 nitrogen and oxygen atoms in total. The Labute approximate surface area is 131 Å². The number of amides is 1. The summed E-state index contributed by atoms with van der Waals surface area (Å²) in [6.07, 6.45) is 0.421. The van der Waals surface area contributed by atoms with Crippen LogP contribution >= 0.6 is 11.6 Å². The number of hydrogen-bond acceptors (Lipinski definition) is 3. The van der Waals surface area contributed by atoms with E-state index in [-0.39, 0.29) is 11.3 Å². The van der Waals surface area contributed by atoms with E-state index in [9.17, 15) is 4.79 Å². The molecule has 0 atom stereocenters. The van der Waals surface area contributed by atoms with Gasteiger partial charge in [-0.1, -0.05) is 32.4 Å². The van der Waals surface area contributed by atoms with E-state index in [4.69, 9.17) is 16.9 Å². The van der Waals surface area contributed by atoms with Crippen molar-refractivity contribution in [2.75, 3.05) is 25.5 Å². The molecule has 0 saturated heterocycles. The van der Waals surface area contributed by atoms with Gasteiger partial charge in [0, 0.05) is 25.2 Å². The molecular formula is C16H22ClN3O. The van der Waals surface area contributed by atoms with E-state index in [1.807, 2.05) is 13.1 Å². The van der Waals surface area contributed by atoms with Gasteiger partial charge in [-0.05, 0) is 30.7 Å². The summed E-state index contributed by atoms with van der Waals surface area (Å²) >= 11 is 5.93. The van der Waals surface area contributed by atoms with Crippen molar-refractivity contribution < 1.29 is 4.79 Å². The van der Waals surface area contributed by atoms with Crippen molar-refractivity contribution >= 4 is 23.2 Å². The van der Waals surface area contributed by atoms with E-state index in [1.165, 1.54) is 0 Å². The van der Waals surface area contributed by atoms with Gasteiger partial charge in [0.1, 0.15) is 6.07 Å². The van der Waals surface area contributed by atoms with Crippen LogP contribution in [0.5, 0.6) is 0 Å². The quantitative estimate of drug-likeness (QED) is 0.905. The maximum Gasteiger partial charge on any atom is 0.225 e. The minimum absolute atomic E-state index is 0.0588. The number of nitrogens with zero attached hydrogens (tertiary/aromatic N) is 2. The summed E-state index contributed by atoms with van der Waals surface area (Å²) in [7, 11) is 2.01.